The number of ether oxygens (including phenoxy) is 1. The van der Waals surface area contributed by atoms with Crippen LogP contribution < -0.4 is 20.7 Å². The highest BCUT2D eigenvalue weighted by atomic mass is 19.1. The zero-order valence-corrected chi connectivity index (χ0v) is 15.8. The lowest BCUT2D eigenvalue weighted by atomic mass is 10.2. The SMILES string of the molecule is CNC(=O)c1cc(Oc2ccc(NC(=O)Nc3cc(C)ccc3F)cc2)ccn1. The molecule has 3 rings (SSSR count). The number of pyridine rings is 1. The molecule has 0 spiro atoms. The first-order valence-corrected chi connectivity index (χ1v) is 8.75. The van der Waals surface area contributed by atoms with E-state index in [0.29, 0.717) is 17.2 Å². The number of hydrogen-bond acceptors (Lipinski definition) is 4. The molecule has 3 amide bonds. The lowest BCUT2D eigenvalue weighted by Gasteiger charge is -2.10. The molecule has 7 nitrogen and oxygen atoms in total. The monoisotopic (exact) mass is 394 g/mol. The van der Waals surface area contributed by atoms with Crippen LogP contribution in [0.4, 0.5) is 20.6 Å². The fourth-order valence-electron chi connectivity index (χ4n) is 2.49. The van der Waals surface area contributed by atoms with Crippen LogP contribution in [0.3, 0.4) is 0 Å². The summed E-state index contributed by atoms with van der Waals surface area (Å²) in [6.07, 6.45) is 1.48. The number of nitrogens with zero attached hydrogens (tertiary/aromatic N) is 1. The van der Waals surface area contributed by atoms with E-state index in [-0.39, 0.29) is 17.3 Å². The highest BCUT2D eigenvalue weighted by Crippen LogP contribution is 2.23. The highest BCUT2D eigenvalue weighted by molar-refractivity contribution is 5.99. The fourth-order valence-corrected chi connectivity index (χ4v) is 2.49. The van der Waals surface area contributed by atoms with E-state index in [1.807, 2.05) is 6.92 Å². The van der Waals surface area contributed by atoms with E-state index in [9.17, 15) is 14.0 Å². The van der Waals surface area contributed by atoms with Crippen LogP contribution in [0.25, 0.3) is 0 Å². The Bertz CT molecular complexity index is 1040. The van der Waals surface area contributed by atoms with E-state index >= 15 is 0 Å². The first-order valence-electron chi connectivity index (χ1n) is 8.75. The summed E-state index contributed by atoms with van der Waals surface area (Å²) in [5.41, 5.74) is 1.68. The van der Waals surface area contributed by atoms with Crippen molar-refractivity contribution >= 4 is 23.3 Å². The molecule has 0 aliphatic rings. The molecule has 2 aromatic carbocycles. The van der Waals surface area contributed by atoms with E-state index in [2.05, 4.69) is 20.9 Å². The standard InChI is InChI=1S/C21H19FN4O3/c1-13-3-8-17(22)18(11-13)26-21(28)25-14-4-6-15(7-5-14)29-16-9-10-24-19(12-16)20(27)23-2/h3-12H,1-2H3,(H,23,27)(H2,25,26,28). The summed E-state index contributed by atoms with van der Waals surface area (Å²) >= 11 is 0. The van der Waals surface area contributed by atoms with Gasteiger partial charge in [-0.2, -0.15) is 0 Å². The number of aromatic nitrogens is 1. The third-order valence-corrected chi connectivity index (χ3v) is 3.91. The van der Waals surface area contributed by atoms with Crippen molar-refractivity contribution in [1.82, 2.24) is 10.3 Å². The topological polar surface area (TPSA) is 92.4 Å². The number of rotatable bonds is 5. The quantitative estimate of drug-likeness (QED) is 0.601. The van der Waals surface area contributed by atoms with E-state index in [0.717, 1.165) is 5.56 Å². The second kappa shape index (κ2) is 8.83. The number of halogens is 1. The third-order valence-electron chi connectivity index (χ3n) is 3.91. The molecule has 0 unspecified atom stereocenters. The van der Waals surface area contributed by atoms with Crippen molar-refractivity contribution in [3.8, 4) is 11.5 Å². The second-order valence-corrected chi connectivity index (χ2v) is 6.14. The van der Waals surface area contributed by atoms with Crippen LogP contribution in [0.1, 0.15) is 16.1 Å². The molecule has 0 bridgehead atoms. The van der Waals surface area contributed by atoms with Crippen molar-refractivity contribution in [3.63, 3.8) is 0 Å². The Hall–Kier alpha value is -3.94. The van der Waals surface area contributed by atoms with Crippen molar-refractivity contribution in [3.05, 3.63) is 77.9 Å². The van der Waals surface area contributed by atoms with Gasteiger partial charge in [-0.25, -0.2) is 9.18 Å². The maximum atomic E-state index is 13.7. The Kier molecular flexibility index (Phi) is 6.03. The zero-order chi connectivity index (χ0) is 20.8. The average molecular weight is 394 g/mol. The first kappa shape index (κ1) is 19.8. The second-order valence-electron chi connectivity index (χ2n) is 6.14. The minimum Gasteiger partial charge on any atom is -0.457 e. The van der Waals surface area contributed by atoms with Gasteiger partial charge in [0.25, 0.3) is 5.91 Å². The molecule has 29 heavy (non-hydrogen) atoms. The minimum atomic E-state index is -0.562. The molecule has 0 atom stereocenters. The predicted molar refractivity (Wildman–Crippen MR) is 108 cm³/mol. The number of aryl methyl sites for hydroxylation is 1. The summed E-state index contributed by atoms with van der Waals surface area (Å²) in [4.78, 5) is 27.7. The van der Waals surface area contributed by atoms with Gasteiger partial charge in [0.1, 0.15) is 23.0 Å². The Morgan fingerprint density at radius 3 is 2.45 bits per heavy atom. The Labute approximate surface area is 166 Å². The smallest absolute Gasteiger partial charge is 0.323 e. The van der Waals surface area contributed by atoms with Gasteiger partial charge < -0.3 is 20.7 Å². The molecular weight excluding hydrogens is 375 g/mol. The molecule has 8 heteroatoms. The van der Waals surface area contributed by atoms with E-state index < -0.39 is 11.8 Å². The molecular formula is C21H19FN4O3. The van der Waals surface area contributed by atoms with E-state index in [1.54, 1.807) is 42.5 Å². The Morgan fingerprint density at radius 1 is 0.966 bits per heavy atom. The number of carbonyl (C=O) groups is 2. The first-order chi connectivity index (χ1) is 13.9. The van der Waals surface area contributed by atoms with Gasteiger partial charge in [0.2, 0.25) is 0 Å². The molecule has 1 aromatic heterocycles. The average Bonchev–Trinajstić information content (AvgIpc) is 2.72. The molecule has 0 fully saturated rings. The zero-order valence-electron chi connectivity index (χ0n) is 15.8. The molecule has 0 radical (unpaired) electrons. The van der Waals surface area contributed by atoms with Crippen molar-refractivity contribution in [2.24, 2.45) is 0 Å². The number of carbonyl (C=O) groups excluding carboxylic acids is 2. The van der Waals surface area contributed by atoms with Gasteiger partial charge in [-0.15, -0.1) is 0 Å². The number of hydrogen-bond donors (Lipinski definition) is 3. The normalized spacial score (nSPS) is 10.2. The van der Waals surface area contributed by atoms with Gasteiger partial charge >= 0.3 is 6.03 Å². The summed E-state index contributed by atoms with van der Waals surface area (Å²) in [6, 6.07) is 13.7. The fraction of sp³-hybridized carbons (Fsp3) is 0.0952. The molecule has 3 N–H and O–H groups in total. The van der Waals surface area contributed by atoms with Gasteiger partial charge in [0.05, 0.1) is 5.69 Å². The lowest BCUT2D eigenvalue weighted by Crippen LogP contribution is -2.20. The number of amides is 3. The van der Waals surface area contributed by atoms with Crippen LogP contribution in [0, 0.1) is 12.7 Å². The molecule has 0 saturated carbocycles. The number of nitrogens with one attached hydrogen (secondary N) is 3. The Morgan fingerprint density at radius 2 is 1.72 bits per heavy atom. The Balaban J connectivity index is 1.62. The van der Waals surface area contributed by atoms with Gasteiger partial charge in [0.15, 0.2) is 0 Å². The van der Waals surface area contributed by atoms with E-state index in [1.165, 1.54) is 25.4 Å². The summed E-state index contributed by atoms with van der Waals surface area (Å²) in [5.74, 6) is 0.135. The van der Waals surface area contributed by atoms with Crippen molar-refractivity contribution in [1.29, 1.82) is 0 Å². The van der Waals surface area contributed by atoms with Crippen LogP contribution in [0.5, 0.6) is 11.5 Å². The minimum absolute atomic E-state index is 0.104. The number of benzene rings is 2. The van der Waals surface area contributed by atoms with Gasteiger partial charge in [0, 0.05) is 25.0 Å². The van der Waals surface area contributed by atoms with Gasteiger partial charge in [-0.05, 0) is 55.0 Å². The lowest BCUT2D eigenvalue weighted by molar-refractivity contribution is 0.0958. The van der Waals surface area contributed by atoms with Crippen molar-refractivity contribution < 1.29 is 18.7 Å². The van der Waals surface area contributed by atoms with E-state index in [4.69, 9.17) is 4.74 Å². The molecule has 0 saturated heterocycles. The van der Waals surface area contributed by atoms with Crippen LogP contribution in [-0.4, -0.2) is 24.0 Å². The summed E-state index contributed by atoms with van der Waals surface area (Å²) < 4.78 is 19.4. The van der Waals surface area contributed by atoms with Crippen LogP contribution in [0.15, 0.2) is 60.8 Å². The molecule has 3 aromatic rings. The molecule has 148 valence electrons. The number of urea groups is 1. The largest absolute Gasteiger partial charge is 0.457 e. The van der Waals surface area contributed by atoms with Crippen LogP contribution >= 0.6 is 0 Å². The maximum absolute atomic E-state index is 13.7. The molecule has 0 aliphatic heterocycles. The van der Waals surface area contributed by atoms with Crippen LogP contribution in [0.2, 0.25) is 0 Å². The maximum Gasteiger partial charge on any atom is 0.323 e. The van der Waals surface area contributed by atoms with Crippen LogP contribution in [-0.2, 0) is 0 Å². The molecule has 1 heterocycles. The molecule has 0 aliphatic carbocycles. The summed E-state index contributed by atoms with van der Waals surface area (Å²) in [7, 11) is 1.52. The van der Waals surface area contributed by atoms with Gasteiger partial charge in [-0.3, -0.25) is 9.78 Å². The van der Waals surface area contributed by atoms with Gasteiger partial charge in [-0.1, -0.05) is 6.07 Å². The summed E-state index contributed by atoms with van der Waals surface area (Å²) in [5, 5.41) is 7.60. The summed E-state index contributed by atoms with van der Waals surface area (Å²) in [6.45, 7) is 1.81. The van der Waals surface area contributed by atoms with Crippen molar-refractivity contribution in [2.75, 3.05) is 17.7 Å². The highest BCUT2D eigenvalue weighted by Gasteiger charge is 2.09. The predicted octanol–water partition coefficient (Wildman–Crippen LogP) is 4.33. The third kappa shape index (κ3) is 5.29. The number of anilines is 2. The van der Waals surface area contributed by atoms with Crippen molar-refractivity contribution in [2.45, 2.75) is 6.92 Å².